The number of hydrogen-bond donors (Lipinski definition) is 2. The van der Waals surface area contributed by atoms with Gasteiger partial charge in [0.25, 0.3) is 0 Å². The van der Waals surface area contributed by atoms with Crippen molar-refractivity contribution in [2.75, 3.05) is 19.6 Å². The van der Waals surface area contributed by atoms with Crippen molar-refractivity contribution >= 4 is 16.8 Å². The Kier molecular flexibility index (Phi) is 4.92. The standard InChI is InChI=1S/C20H27N3O2/c24-20-7-2-1-4-15(22-20)14-23-12-9-16(10-13-23)25-19-6-3-5-18-17(19)8-11-21-18/h3,5-6,8,11,15-16,21H,1-2,4,7,9-10,12-14H2,(H,22,24). The third-order valence-electron chi connectivity index (χ3n) is 5.43. The Hall–Kier alpha value is -2.01. The average Bonchev–Trinajstić information content (AvgIpc) is 3.01. The molecular weight excluding hydrogens is 314 g/mol. The summed E-state index contributed by atoms with van der Waals surface area (Å²) in [6.45, 7) is 3.06. The molecule has 0 aliphatic carbocycles. The summed E-state index contributed by atoms with van der Waals surface area (Å²) in [7, 11) is 0. The maximum atomic E-state index is 11.7. The zero-order valence-corrected chi connectivity index (χ0v) is 14.7. The van der Waals surface area contributed by atoms with Gasteiger partial charge in [0.15, 0.2) is 0 Å². The summed E-state index contributed by atoms with van der Waals surface area (Å²) in [6, 6.07) is 8.57. The van der Waals surface area contributed by atoms with Gasteiger partial charge in [-0.25, -0.2) is 0 Å². The van der Waals surface area contributed by atoms with Crippen LogP contribution >= 0.6 is 0 Å². The number of carbonyl (C=O) groups is 1. The van der Waals surface area contributed by atoms with E-state index in [0.717, 1.165) is 68.4 Å². The average molecular weight is 341 g/mol. The van der Waals surface area contributed by atoms with Crippen LogP contribution in [0.3, 0.4) is 0 Å². The molecule has 0 saturated carbocycles. The number of hydrogen-bond acceptors (Lipinski definition) is 3. The molecule has 0 radical (unpaired) electrons. The van der Waals surface area contributed by atoms with Gasteiger partial charge in [-0.05, 0) is 43.9 Å². The van der Waals surface area contributed by atoms with E-state index < -0.39 is 0 Å². The molecule has 5 heteroatoms. The van der Waals surface area contributed by atoms with E-state index in [9.17, 15) is 4.79 Å². The van der Waals surface area contributed by atoms with Crippen molar-refractivity contribution < 1.29 is 9.53 Å². The first kappa shape index (κ1) is 16.5. The van der Waals surface area contributed by atoms with Crippen molar-refractivity contribution in [2.24, 2.45) is 0 Å². The number of nitrogens with one attached hydrogen (secondary N) is 2. The first-order valence-corrected chi connectivity index (χ1v) is 9.52. The number of aromatic amines is 1. The molecule has 25 heavy (non-hydrogen) atoms. The van der Waals surface area contributed by atoms with Crippen LogP contribution in [0.5, 0.6) is 5.75 Å². The lowest BCUT2D eigenvalue weighted by molar-refractivity contribution is -0.121. The van der Waals surface area contributed by atoms with Crippen LogP contribution in [-0.4, -0.2) is 47.6 Å². The highest BCUT2D eigenvalue weighted by Gasteiger charge is 2.24. The molecule has 2 fully saturated rings. The second-order valence-electron chi connectivity index (χ2n) is 7.32. The minimum Gasteiger partial charge on any atom is -0.490 e. The zero-order valence-electron chi connectivity index (χ0n) is 14.7. The van der Waals surface area contributed by atoms with Gasteiger partial charge < -0.3 is 19.9 Å². The molecule has 0 spiro atoms. The minimum absolute atomic E-state index is 0.223. The number of carbonyl (C=O) groups excluding carboxylic acids is 1. The molecule has 1 amide bonds. The zero-order chi connectivity index (χ0) is 17.1. The van der Waals surface area contributed by atoms with Crippen molar-refractivity contribution in [1.29, 1.82) is 0 Å². The maximum absolute atomic E-state index is 11.7. The fraction of sp³-hybridized carbons (Fsp3) is 0.550. The highest BCUT2D eigenvalue weighted by Crippen LogP contribution is 2.27. The Labute approximate surface area is 148 Å². The van der Waals surface area contributed by atoms with Gasteiger partial charge in [-0.3, -0.25) is 4.79 Å². The molecule has 1 unspecified atom stereocenters. The molecular formula is C20H27N3O2. The fourth-order valence-electron chi connectivity index (χ4n) is 4.05. The Morgan fingerprint density at radius 3 is 2.88 bits per heavy atom. The van der Waals surface area contributed by atoms with E-state index in [2.05, 4.69) is 33.4 Å². The third kappa shape index (κ3) is 3.98. The lowest BCUT2D eigenvalue weighted by atomic mass is 10.1. The molecule has 4 rings (SSSR count). The number of benzene rings is 1. The van der Waals surface area contributed by atoms with Crippen molar-refractivity contribution in [3.05, 3.63) is 30.5 Å². The van der Waals surface area contributed by atoms with E-state index >= 15 is 0 Å². The van der Waals surface area contributed by atoms with Gasteiger partial charge in [0.2, 0.25) is 5.91 Å². The van der Waals surface area contributed by atoms with Crippen molar-refractivity contribution in [1.82, 2.24) is 15.2 Å². The maximum Gasteiger partial charge on any atom is 0.220 e. The summed E-state index contributed by atoms with van der Waals surface area (Å²) < 4.78 is 6.29. The predicted molar refractivity (Wildman–Crippen MR) is 98.8 cm³/mol. The minimum atomic E-state index is 0.223. The number of H-pyrrole nitrogens is 1. The van der Waals surface area contributed by atoms with Gasteiger partial charge in [-0.2, -0.15) is 0 Å². The Balaban J connectivity index is 1.29. The number of aromatic nitrogens is 1. The highest BCUT2D eigenvalue weighted by atomic mass is 16.5. The summed E-state index contributed by atoms with van der Waals surface area (Å²) in [5.74, 6) is 1.20. The van der Waals surface area contributed by atoms with Gasteiger partial charge in [0.05, 0.1) is 0 Å². The third-order valence-corrected chi connectivity index (χ3v) is 5.43. The fourth-order valence-corrected chi connectivity index (χ4v) is 4.05. The SMILES string of the molecule is O=C1CCCCC(CN2CCC(Oc3cccc4[nH]ccc34)CC2)N1. The van der Waals surface area contributed by atoms with Crippen LogP contribution in [0.2, 0.25) is 0 Å². The molecule has 0 bridgehead atoms. The summed E-state index contributed by atoms with van der Waals surface area (Å²) in [6.07, 6.45) is 8.31. The van der Waals surface area contributed by atoms with E-state index in [-0.39, 0.29) is 12.0 Å². The monoisotopic (exact) mass is 341 g/mol. The first-order valence-electron chi connectivity index (χ1n) is 9.52. The van der Waals surface area contributed by atoms with Crippen LogP contribution in [0.4, 0.5) is 0 Å². The van der Waals surface area contributed by atoms with Crippen molar-refractivity contribution in [3.63, 3.8) is 0 Å². The molecule has 1 aromatic heterocycles. The van der Waals surface area contributed by atoms with E-state index in [1.54, 1.807) is 0 Å². The lowest BCUT2D eigenvalue weighted by Crippen LogP contribution is -2.46. The summed E-state index contributed by atoms with van der Waals surface area (Å²) in [5, 5.41) is 4.34. The van der Waals surface area contributed by atoms with Crippen LogP contribution in [0, 0.1) is 0 Å². The molecule has 2 N–H and O–H groups in total. The molecule has 3 heterocycles. The number of ether oxygens (including phenoxy) is 1. The summed E-state index contributed by atoms with van der Waals surface area (Å²) >= 11 is 0. The van der Waals surface area contributed by atoms with Crippen LogP contribution in [0.15, 0.2) is 30.5 Å². The molecule has 134 valence electrons. The molecule has 2 aliphatic heterocycles. The molecule has 2 saturated heterocycles. The number of fused-ring (bicyclic) bond motifs is 1. The van der Waals surface area contributed by atoms with Crippen molar-refractivity contribution in [3.8, 4) is 5.75 Å². The molecule has 5 nitrogen and oxygen atoms in total. The smallest absolute Gasteiger partial charge is 0.220 e. The topological polar surface area (TPSA) is 57.4 Å². The van der Waals surface area contributed by atoms with Crippen LogP contribution < -0.4 is 10.1 Å². The van der Waals surface area contributed by atoms with Gasteiger partial charge in [-0.1, -0.05) is 12.5 Å². The van der Waals surface area contributed by atoms with Gasteiger partial charge >= 0.3 is 0 Å². The van der Waals surface area contributed by atoms with E-state index in [4.69, 9.17) is 4.74 Å². The Morgan fingerprint density at radius 2 is 2.00 bits per heavy atom. The van der Waals surface area contributed by atoms with Crippen LogP contribution in [0.1, 0.15) is 38.5 Å². The molecule has 2 aromatic rings. The normalized spacial score (nSPS) is 23.4. The summed E-state index contributed by atoms with van der Waals surface area (Å²) in [5.41, 5.74) is 1.12. The molecule has 2 aliphatic rings. The largest absolute Gasteiger partial charge is 0.490 e. The second-order valence-corrected chi connectivity index (χ2v) is 7.32. The highest BCUT2D eigenvalue weighted by molar-refractivity contribution is 5.85. The van der Waals surface area contributed by atoms with E-state index in [0.29, 0.717) is 12.5 Å². The number of nitrogens with zero attached hydrogens (tertiary/aromatic N) is 1. The summed E-state index contributed by atoms with van der Waals surface area (Å²) in [4.78, 5) is 17.4. The van der Waals surface area contributed by atoms with Crippen molar-refractivity contribution in [2.45, 2.75) is 50.7 Å². The number of rotatable bonds is 4. The number of likely N-dealkylation sites (tertiary alicyclic amines) is 1. The lowest BCUT2D eigenvalue weighted by Gasteiger charge is -2.34. The van der Waals surface area contributed by atoms with Gasteiger partial charge in [0, 0.05) is 49.2 Å². The number of amides is 1. The van der Waals surface area contributed by atoms with E-state index in [1.807, 2.05) is 12.3 Å². The van der Waals surface area contributed by atoms with Crippen LogP contribution in [0.25, 0.3) is 10.9 Å². The first-order chi connectivity index (χ1) is 12.3. The molecule has 1 aromatic carbocycles. The number of piperidine rings is 1. The Bertz CT molecular complexity index is 719. The second kappa shape index (κ2) is 7.48. The molecule has 1 atom stereocenters. The van der Waals surface area contributed by atoms with Gasteiger partial charge in [-0.15, -0.1) is 0 Å². The predicted octanol–water partition coefficient (Wildman–Crippen LogP) is 3.07. The quantitative estimate of drug-likeness (QED) is 0.898. The van der Waals surface area contributed by atoms with Gasteiger partial charge in [0.1, 0.15) is 11.9 Å². The van der Waals surface area contributed by atoms with E-state index in [1.165, 1.54) is 0 Å². The Morgan fingerprint density at radius 1 is 1.12 bits per heavy atom. The van der Waals surface area contributed by atoms with Crippen LogP contribution in [-0.2, 0) is 4.79 Å².